The van der Waals surface area contributed by atoms with Gasteiger partial charge < -0.3 is 15.2 Å². The van der Waals surface area contributed by atoms with Crippen molar-refractivity contribution in [2.24, 2.45) is 5.84 Å². The third-order valence-electron chi connectivity index (χ3n) is 2.19. The highest BCUT2D eigenvalue weighted by molar-refractivity contribution is 5.92. The molecule has 0 atom stereocenters. The lowest BCUT2D eigenvalue weighted by Crippen LogP contribution is -2.43. The van der Waals surface area contributed by atoms with Crippen LogP contribution < -0.4 is 20.9 Å². The highest BCUT2D eigenvalue weighted by Gasteiger charge is 2.19. The summed E-state index contributed by atoms with van der Waals surface area (Å²) in [6.45, 7) is 3.03. The van der Waals surface area contributed by atoms with Crippen molar-refractivity contribution in [1.29, 1.82) is 0 Å². The Morgan fingerprint density at radius 1 is 1.58 bits per heavy atom. The topological polar surface area (TPSA) is 87.8 Å². The first-order chi connectivity index (χ1) is 8.74. The summed E-state index contributed by atoms with van der Waals surface area (Å²) in [5, 5.41) is 12.7. The molecular weight excluding hydrogens is 253 g/mol. The minimum atomic E-state index is -1.09. The number of hydrazine groups is 1. The van der Waals surface area contributed by atoms with E-state index in [0.717, 1.165) is 17.1 Å². The number of amides is 2. The molecule has 6 nitrogen and oxygen atoms in total. The minimum absolute atomic E-state index is 0.0644. The summed E-state index contributed by atoms with van der Waals surface area (Å²) in [5.74, 6) is 5.14. The number of urea groups is 1. The average molecular weight is 271 g/mol. The maximum atomic E-state index is 13.2. The molecule has 106 valence electrons. The number of carbonyl (C=O) groups is 1. The van der Waals surface area contributed by atoms with Crippen LogP contribution in [0.3, 0.4) is 0 Å². The third-order valence-corrected chi connectivity index (χ3v) is 2.19. The minimum Gasteiger partial charge on any atom is -0.488 e. The standard InChI is InChI=1S/C12H18FN3O3/c1-12(2,18)7-19-10-6-8(13)4-5-9(10)16(14)11(17)15-3/h4-6,18H,7,14H2,1-3H3,(H,15,17). The number of carbonyl (C=O) groups excluding carboxylic acids is 1. The molecule has 0 bridgehead atoms. The second kappa shape index (κ2) is 5.85. The number of hydrogen-bond acceptors (Lipinski definition) is 4. The lowest BCUT2D eigenvalue weighted by atomic mass is 10.2. The number of halogens is 1. The molecular formula is C12H18FN3O3. The molecule has 0 spiro atoms. The molecule has 1 aromatic rings. The Kier molecular flexibility index (Phi) is 4.68. The van der Waals surface area contributed by atoms with Gasteiger partial charge in [0.25, 0.3) is 0 Å². The van der Waals surface area contributed by atoms with Crippen molar-refractivity contribution in [3.05, 3.63) is 24.0 Å². The van der Waals surface area contributed by atoms with Gasteiger partial charge in [-0.2, -0.15) is 0 Å². The number of nitrogens with zero attached hydrogens (tertiary/aromatic N) is 1. The fraction of sp³-hybridized carbons (Fsp3) is 0.417. The number of hydrogen-bond donors (Lipinski definition) is 3. The van der Waals surface area contributed by atoms with E-state index in [1.165, 1.54) is 13.1 Å². The number of nitrogens with one attached hydrogen (secondary N) is 1. The molecule has 2 amide bonds. The zero-order valence-corrected chi connectivity index (χ0v) is 11.1. The van der Waals surface area contributed by atoms with Crippen LogP contribution in [0.1, 0.15) is 13.8 Å². The molecule has 1 rings (SSSR count). The van der Waals surface area contributed by atoms with E-state index in [0.29, 0.717) is 0 Å². The first-order valence-corrected chi connectivity index (χ1v) is 5.66. The monoisotopic (exact) mass is 271 g/mol. The predicted molar refractivity (Wildman–Crippen MR) is 69.3 cm³/mol. The molecule has 0 heterocycles. The van der Waals surface area contributed by atoms with Gasteiger partial charge in [0, 0.05) is 13.1 Å². The van der Waals surface area contributed by atoms with Crippen LogP contribution >= 0.6 is 0 Å². The van der Waals surface area contributed by atoms with E-state index in [1.54, 1.807) is 13.8 Å². The van der Waals surface area contributed by atoms with Crippen molar-refractivity contribution in [2.45, 2.75) is 19.4 Å². The molecule has 4 N–H and O–H groups in total. The van der Waals surface area contributed by atoms with Gasteiger partial charge in [-0.05, 0) is 26.0 Å². The van der Waals surface area contributed by atoms with Crippen LogP contribution in [0.5, 0.6) is 5.75 Å². The van der Waals surface area contributed by atoms with E-state index in [2.05, 4.69) is 5.32 Å². The fourth-order valence-electron chi connectivity index (χ4n) is 1.29. The lowest BCUT2D eigenvalue weighted by Gasteiger charge is -2.22. The number of nitrogens with two attached hydrogens (primary N) is 1. The average Bonchev–Trinajstić information content (AvgIpc) is 2.34. The molecule has 7 heteroatoms. The molecule has 0 aliphatic heterocycles. The Morgan fingerprint density at radius 2 is 2.21 bits per heavy atom. The van der Waals surface area contributed by atoms with Gasteiger partial charge in [0.15, 0.2) is 0 Å². The van der Waals surface area contributed by atoms with Crippen molar-refractivity contribution in [2.75, 3.05) is 18.7 Å². The molecule has 0 aliphatic carbocycles. The highest BCUT2D eigenvalue weighted by atomic mass is 19.1. The maximum absolute atomic E-state index is 13.2. The molecule has 0 saturated carbocycles. The van der Waals surface area contributed by atoms with Crippen molar-refractivity contribution in [3.63, 3.8) is 0 Å². The quantitative estimate of drug-likeness (QED) is 0.433. The van der Waals surface area contributed by atoms with Gasteiger partial charge in [-0.1, -0.05) is 0 Å². The molecule has 0 fully saturated rings. The summed E-state index contributed by atoms with van der Waals surface area (Å²) in [6, 6.07) is 3.02. The van der Waals surface area contributed by atoms with Crippen molar-refractivity contribution < 1.29 is 19.0 Å². The summed E-state index contributed by atoms with van der Waals surface area (Å²) >= 11 is 0. The summed E-state index contributed by atoms with van der Waals surface area (Å²) in [6.07, 6.45) is 0. The largest absolute Gasteiger partial charge is 0.488 e. The molecule has 0 unspecified atom stereocenters. The number of ether oxygens (including phenoxy) is 1. The molecule has 1 aromatic carbocycles. The Labute approximate surface area is 110 Å². The zero-order valence-electron chi connectivity index (χ0n) is 11.1. The SMILES string of the molecule is CNC(=O)N(N)c1ccc(F)cc1OCC(C)(C)O. The summed E-state index contributed by atoms with van der Waals surface area (Å²) in [7, 11) is 1.42. The van der Waals surface area contributed by atoms with Crippen LogP contribution in [0.2, 0.25) is 0 Å². The van der Waals surface area contributed by atoms with Gasteiger partial charge in [0.2, 0.25) is 0 Å². The molecule has 0 aromatic heterocycles. The van der Waals surface area contributed by atoms with Gasteiger partial charge in [-0.15, -0.1) is 0 Å². The number of anilines is 1. The number of aliphatic hydroxyl groups is 1. The van der Waals surface area contributed by atoms with Crippen LogP contribution in [-0.2, 0) is 0 Å². The molecule has 19 heavy (non-hydrogen) atoms. The van der Waals surface area contributed by atoms with Crippen molar-refractivity contribution >= 4 is 11.7 Å². The van der Waals surface area contributed by atoms with E-state index >= 15 is 0 Å². The summed E-state index contributed by atoms with van der Waals surface area (Å²) < 4.78 is 18.5. The Balaban J connectivity index is 3.01. The zero-order chi connectivity index (χ0) is 14.6. The highest BCUT2D eigenvalue weighted by Crippen LogP contribution is 2.28. The van der Waals surface area contributed by atoms with E-state index in [-0.39, 0.29) is 18.0 Å². The summed E-state index contributed by atoms with van der Waals surface area (Å²) in [5.41, 5.74) is -0.888. The smallest absolute Gasteiger partial charge is 0.336 e. The second-order valence-corrected chi connectivity index (χ2v) is 4.64. The van der Waals surface area contributed by atoms with Gasteiger partial charge in [0.05, 0.1) is 5.60 Å². The van der Waals surface area contributed by atoms with E-state index in [9.17, 15) is 14.3 Å². The number of benzene rings is 1. The molecule has 0 saturated heterocycles. The third kappa shape index (κ3) is 4.38. The second-order valence-electron chi connectivity index (χ2n) is 4.64. The Hall–Kier alpha value is -1.86. The van der Waals surface area contributed by atoms with E-state index in [4.69, 9.17) is 10.6 Å². The van der Waals surface area contributed by atoms with Gasteiger partial charge in [0.1, 0.15) is 23.9 Å². The van der Waals surface area contributed by atoms with E-state index in [1.807, 2.05) is 0 Å². The van der Waals surface area contributed by atoms with Crippen molar-refractivity contribution in [3.8, 4) is 5.75 Å². The van der Waals surface area contributed by atoms with Crippen LogP contribution in [0.15, 0.2) is 18.2 Å². The van der Waals surface area contributed by atoms with Gasteiger partial charge in [-0.25, -0.2) is 20.0 Å². The Morgan fingerprint density at radius 3 is 2.74 bits per heavy atom. The van der Waals surface area contributed by atoms with Crippen LogP contribution in [0, 0.1) is 5.82 Å². The normalized spacial score (nSPS) is 11.1. The predicted octanol–water partition coefficient (Wildman–Crippen LogP) is 0.995. The van der Waals surface area contributed by atoms with Crippen LogP contribution in [0.4, 0.5) is 14.9 Å². The van der Waals surface area contributed by atoms with Gasteiger partial charge >= 0.3 is 6.03 Å². The maximum Gasteiger partial charge on any atom is 0.336 e. The van der Waals surface area contributed by atoms with Crippen molar-refractivity contribution in [1.82, 2.24) is 5.32 Å². The van der Waals surface area contributed by atoms with Crippen LogP contribution in [-0.4, -0.2) is 30.4 Å². The first kappa shape index (κ1) is 15.2. The van der Waals surface area contributed by atoms with Crippen LogP contribution in [0.25, 0.3) is 0 Å². The summed E-state index contributed by atoms with van der Waals surface area (Å²) in [4.78, 5) is 11.4. The van der Waals surface area contributed by atoms with E-state index < -0.39 is 17.4 Å². The molecule has 0 aliphatic rings. The lowest BCUT2D eigenvalue weighted by molar-refractivity contribution is 0.0285. The number of rotatable bonds is 4. The van der Waals surface area contributed by atoms with Gasteiger partial charge in [-0.3, -0.25) is 0 Å². The molecule has 0 radical (unpaired) electrons. The first-order valence-electron chi connectivity index (χ1n) is 5.66. The Bertz CT molecular complexity index is 460. The fourth-order valence-corrected chi connectivity index (χ4v) is 1.29.